The highest BCUT2D eigenvalue weighted by atomic mass is 15.1. The normalized spacial score (nSPS) is 14.3. The maximum absolute atomic E-state index is 2.50. The lowest BCUT2D eigenvalue weighted by molar-refractivity contribution is 0.660. The smallest absolute Gasteiger partial charge is 0.0543 e. The molecule has 232 valence electrons. The van der Waals surface area contributed by atoms with E-state index in [1.54, 1.807) is 0 Å². The predicted octanol–water partition coefficient (Wildman–Crippen LogP) is 12.8. The Morgan fingerprint density at radius 3 is 1.98 bits per heavy atom. The van der Waals surface area contributed by atoms with Crippen LogP contribution < -0.4 is 4.90 Å². The first-order valence-electron chi connectivity index (χ1n) is 17.4. The van der Waals surface area contributed by atoms with Gasteiger partial charge in [-0.25, -0.2) is 0 Å². The molecule has 1 nitrogen and oxygen atoms in total. The fraction of sp³-hybridized carbons (Fsp3) is 0.149. The summed E-state index contributed by atoms with van der Waals surface area (Å²) in [7, 11) is 0. The standard InChI is InChI=1S/C47H39N/c1-47(2)44-22-11-10-20-41(44)43-30-42(36-24-23-32-13-6-7-15-35(32)29-36)46(31-45(43)47)48(37-17-4-3-5-18-37)38-27-25-34(26-28-38)40-21-12-16-33-14-8-9-19-39(33)40/h3-5,8-12,14,16-31H,6-7,13,15H2,1-2H3. The summed E-state index contributed by atoms with van der Waals surface area (Å²) < 4.78 is 0. The first-order valence-corrected chi connectivity index (χ1v) is 17.4. The fourth-order valence-electron chi connectivity index (χ4n) is 8.32. The van der Waals surface area contributed by atoms with Crippen LogP contribution >= 0.6 is 0 Å². The van der Waals surface area contributed by atoms with Gasteiger partial charge in [0, 0.05) is 22.4 Å². The number of hydrogen-bond acceptors (Lipinski definition) is 1. The largest absolute Gasteiger partial charge is 0.310 e. The number of anilines is 3. The van der Waals surface area contributed by atoms with Gasteiger partial charge in [-0.05, 0) is 123 Å². The molecule has 7 aromatic rings. The van der Waals surface area contributed by atoms with Crippen LogP contribution in [0.1, 0.15) is 48.9 Å². The van der Waals surface area contributed by atoms with Crippen molar-refractivity contribution in [2.24, 2.45) is 0 Å². The van der Waals surface area contributed by atoms with Gasteiger partial charge in [-0.3, -0.25) is 0 Å². The Morgan fingerprint density at radius 1 is 0.458 bits per heavy atom. The van der Waals surface area contributed by atoms with Crippen molar-refractivity contribution >= 4 is 27.8 Å². The lowest BCUT2D eigenvalue weighted by atomic mass is 9.81. The van der Waals surface area contributed by atoms with Crippen molar-refractivity contribution in [2.75, 3.05) is 4.90 Å². The summed E-state index contributed by atoms with van der Waals surface area (Å²) in [6.07, 6.45) is 4.91. The number of nitrogens with zero attached hydrogens (tertiary/aromatic N) is 1. The summed E-state index contributed by atoms with van der Waals surface area (Å²) in [6, 6.07) is 56.6. The minimum atomic E-state index is -0.102. The van der Waals surface area contributed by atoms with Crippen LogP contribution in [0.25, 0.3) is 44.2 Å². The second-order valence-electron chi connectivity index (χ2n) is 14.0. The van der Waals surface area contributed by atoms with E-state index in [-0.39, 0.29) is 5.41 Å². The topological polar surface area (TPSA) is 3.24 Å². The van der Waals surface area contributed by atoms with E-state index in [4.69, 9.17) is 0 Å². The first-order chi connectivity index (χ1) is 23.6. The molecule has 0 amide bonds. The van der Waals surface area contributed by atoms with Crippen molar-refractivity contribution < 1.29 is 0 Å². The van der Waals surface area contributed by atoms with Gasteiger partial charge in [0.1, 0.15) is 0 Å². The third kappa shape index (κ3) is 4.68. The van der Waals surface area contributed by atoms with E-state index in [2.05, 4.69) is 170 Å². The molecule has 0 saturated carbocycles. The Balaban J connectivity index is 1.26. The molecule has 0 spiro atoms. The lowest BCUT2D eigenvalue weighted by Gasteiger charge is -2.31. The van der Waals surface area contributed by atoms with Gasteiger partial charge >= 0.3 is 0 Å². The van der Waals surface area contributed by atoms with Gasteiger partial charge in [-0.2, -0.15) is 0 Å². The molecule has 0 unspecified atom stereocenters. The minimum Gasteiger partial charge on any atom is -0.310 e. The molecule has 2 aliphatic rings. The van der Waals surface area contributed by atoms with Gasteiger partial charge in [0.05, 0.1) is 5.69 Å². The molecule has 0 aromatic heterocycles. The van der Waals surface area contributed by atoms with Crippen LogP contribution in [-0.2, 0) is 18.3 Å². The molecular formula is C47H39N. The molecule has 9 rings (SSSR count). The number of aryl methyl sites for hydroxylation is 2. The molecular weight excluding hydrogens is 579 g/mol. The number of rotatable bonds is 5. The molecule has 0 bridgehead atoms. The minimum absolute atomic E-state index is 0.102. The zero-order valence-electron chi connectivity index (χ0n) is 27.7. The van der Waals surface area contributed by atoms with Crippen molar-refractivity contribution in [1.82, 2.24) is 0 Å². The molecule has 0 atom stereocenters. The van der Waals surface area contributed by atoms with E-state index >= 15 is 0 Å². The van der Waals surface area contributed by atoms with Crippen LogP contribution in [-0.4, -0.2) is 0 Å². The average molecular weight is 618 g/mol. The van der Waals surface area contributed by atoms with E-state index in [0.717, 1.165) is 17.8 Å². The van der Waals surface area contributed by atoms with Crippen molar-refractivity contribution in [3.8, 4) is 33.4 Å². The molecule has 0 saturated heterocycles. The van der Waals surface area contributed by atoms with Gasteiger partial charge in [0.2, 0.25) is 0 Å². The molecule has 0 N–H and O–H groups in total. The summed E-state index contributed by atoms with van der Waals surface area (Å²) in [4.78, 5) is 2.47. The Hall–Kier alpha value is -5.40. The molecule has 7 aromatic carbocycles. The van der Waals surface area contributed by atoms with Crippen LogP contribution in [0.4, 0.5) is 17.1 Å². The molecule has 0 aliphatic heterocycles. The monoisotopic (exact) mass is 617 g/mol. The maximum Gasteiger partial charge on any atom is 0.0543 e. The molecule has 48 heavy (non-hydrogen) atoms. The Kier molecular flexibility index (Phi) is 6.83. The summed E-state index contributed by atoms with van der Waals surface area (Å²) in [5, 5.41) is 2.55. The molecule has 0 heterocycles. The van der Waals surface area contributed by atoms with Crippen LogP contribution in [0.3, 0.4) is 0 Å². The van der Waals surface area contributed by atoms with E-state index in [9.17, 15) is 0 Å². The molecule has 1 heteroatoms. The highest BCUT2D eigenvalue weighted by molar-refractivity contribution is 5.98. The third-order valence-corrected chi connectivity index (χ3v) is 10.8. The van der Waals surface area contributed by atoms with Crippen molar-refractivity contribution in [2.45, 2.75) is 44.9 Å². The Labute approximate surface area is 284 Å². The second kappa shape index (κ2) is 11.4. The van der Waals surface area contributed by atoms with Crippen molar-refractivity contribution in [3.63, 3.8) is 0 Å². The summed E-state index contributed by atoms with van der Waals surface area (Å²) >= 11 is 0. The Morgan fingerprint density at radius 2 is 1.12 bits per heavy atom. The predicted molar refractivity (Wildman–Crippen MR) is 204 cm³/mol. The zero-order chi connectivity index (χ0) is 32.2. The molecule has 0 radical (unpaired) electrons. The first kappa shape index (κ1) is 28.8. The Bertz CT molecular complexity index is 2300. The highest BCUT2D eigenvalue weighted by Gasteiger charge is 2.37. The average Bonchev–Trinajstić information content (AvgIpc) is 3.37. The van der Waals surface area contributed by atoms with Crippen molar-refractivity contribution in [3.05, 3.63) is 174 Å². The number of fused-ring (bicyclic) bond motifs is 5. The number of hydrogen-bond donors (Lipinski definition) is 0. The highest BCUT2D eigenvalue weighted by Crippen LogP contribution is 2.53. The summed E-state index contributed by atoms with van der Waals surface area (Å²) in [5.41, 5.74) is 17.0. The number of benzene rings is 7. The SMILES string of the molecule is CC1(C)c2ccccc2-c2cc(-c3ccc4c(c3)CCCC4)c(N(c3ccccc3)c3ccc(-c4cccc5ccccc45)cc3)cc21. The van der Waals surface area contributed by atoms with Crippen molar-refractivity contribution in [1.29, 1.82) is 0 Å². The maximum atomic E-state index is 2.50. The van der Waals surface area contributed by atoms with Crippen LogP contribution in [0.15, 0.2) is 152 Å². The summed E-state index contributed by atoms with van der Waals surface area (Å²) in [6.45, 7) is 4.76. The van der Waals surface area contributed by atoms with Crippen LogP contribution in [0.5, 0.6) is 0 Å². The van der Waals surface area contributed by atoms with E-state index in [0.29, 0.717) is 0 Å². The van der Waals surface area contributed by atoms with Crippen LogP contribution in [0, 0.1) is 0 Å². The summed E-state index contributed by atoms with van der Waals surface area (Å²) in [5.74, 6) is 0. The molecule has 0 fully saturated rings. The van der Waals surface area contributed by atoms with Gasteiger partial charge in [0.15, 0.2) is 0 Å². The van der Waals surface area contributed by atoms with E-state index in [1.165, 1.54) is 91.4 Å². The van der Waals surface area contributed by atoms with E-state index < -0.39 is 0 Å². The number of para-hydroxylation sites is 1. The van der Waals surface area contributed by atoms with E-state index in [1.807, 2.05) is 0 Å². The third-order valence-electron chi connectivity index (χ3n) is 10.8. The quantitative estimate of drug-likeness (QED) is 0.186. The fourth-order valence-corrected chi connectivity index (χ4v) is 8.32. The lowest BCUT2D eigenvalue weighted by Crippen LogP contribution is -2.17. The molecule has 2 aliphatic carbocycles. The van der Waals surface area contributed by atoms with Gasteiger partial charge in [0.25, 0.3) is 0 Å². The van der Waals surface area contributed by atoms with Gasteiger partial charge in [-0.15, -0.1) is 0 Å². The second-order valence-corrected chi connectivity index (χ2v) is 14.0. The van der Waals surface area contributed by atoms with Crippen LogP contribution in [0.2, 0.25) is 0 Å². The van der Waals surface area contributed by atoms with Gasteiger partial charge < -0.3 is 4.90 Å². The zero-order valence-corrected chi connectivity index (χ0v) is 27.7. The van der Waals surface area contributed by atoms with Gasteiger partial charge in [-0.1, -0.05) is 129 Å².